The zero-order chi connectivity index (χ0) is 14.6. The van der Waals surface area contributed by atoms with Gasteiger partial charge in [-0.15, -0.1) is 0 Å². The lowest BCUT2D eigenvalue weighted by molar-refractivity contribution is -0.136. The molecule has 1 heterocycles. The minimum atomic E-state index is 0.112. The minimum absolute atomic E-state index is 0.112. The Bertz CT molecular complexity index is 326. The van der Waals surface area contributed by atoms with E-state index in [1.807, 2.05) is 0 Å². The monoisotopic (exact) mass is 280 g/mol. The summed E-state index contributed by atoms with van der Waals surface area (Å²) in [5.74, 6) is 0.357. The topological polar surface area (TPSA) is 46.3 Å². The van der Waals surface area contributed by atoms with Crippen molar-refractivity contribution < 1.29 is 4.79 Å². The molecule has 1 amide bonds. The number of amides is 1. The van der Waals surface area contributed by atoms with E-state index in [1.54, 1.807) is 0 Å². The number of piperidine rings is 1. The molecule has 1 saturated heterocycles. The molecule has 1 aliphatic carbocycles. The summed E-state index contributed by atoms with van der Waals surface area (Å²) in [6.07, 6.45) is 10.3. The molecule has 1 saturated carbocycles. The summed E-state index contributed by atoms with van der Waals surface area (Å²) in [5, 5.41) is 0. The molecule has 0 atom stereocenters. The number of nitrogens with two attached hydrogens (primary N) is 1. The average molecular weight is 280 g/mol. The van der Waals surface area contributed by atoms with Gasteiger partial charge in [-0.1, -0.05) is 39.5 Å². The smallest absolute Gasteiger partial charge is 0.223 e. The van der Waals surface area contributed by atoms with E-state index in [0.29, 0.717) is 24.3 Å². The van der Waals surface area contributed by atoms with E-state index in [4.69, 9.17) is 5.73 Å². The predicted molar refractivity (Wildman–Crippen MR) is 83.4 cm³/mol. The Balaban J connectivity index is 1.89. The number of hydrogen-bond donors (Lipinski definition) is 1. The highest BCUT2D eigenvalue weighted by atomic mass is 16.2. The van der Waals surface area contributed by atoms with E-state index in [2.05, 4.69) is 18.7 Å². The van der Waals surface area contributed by atoms with E-state index in [1.165, 1.54) is 25.7 Å². The second kappa shape index (κ2) is 6.46. The normalized spacial score (nSPS) is 25.4. The second-order valence-electron chi connectivity index (χ2n) is 7.49. The van der Waals surface area contributed by atoms with Crippen molar-refractivity contribution >= 4 is 5.91 Å². The third kappa shape index (κ3) is 3.55. The lowest BCUT2D eigenvalue weighted by Crippen LogP contribution is -2.45. The summed E-state index contributed by atoms with van der Waals surface area (Å²) in [6, 6.07) is 0. The number of hydrogen-bond acceptors (Lipinski definition) is 2. The molecule has 0 bridgehead atoms. The maximum Gasteiger partial charge on any atom is 0.223 e. The van der Waals surface area contributed by atoms with Gasteiger partial charge in [-0.05, 0) is 43.1 Å². The van der Waals surface area contributed by atoms with Gasteiger partial charge < -0.3 is 10.6 Å². The molecule has 3 heteroatoms. The van der Waals surface area contributed by atoms with Crippen LogP contribution in [-0.4, -0.2) is 30.4 Å². The van der Waals surface area contributed by atoms with Crippen molar-refractivity contribution in [3.05, 3.63) is 0 Å². The summed E-state index contributed by atoms with van der Waals surface area (Å²) in [6.45, 7) is 7.20. The third-order valence-electron chi connectivity index (χ3n) is 6.05. The summed E-state index contributed by atoms with van der Waals surface area (Å²) in [5.41, 5.74) is 6.57. The zero-order valence-corrected chi connectivity index (χ0v) is 13.4. The number of carbonyl (C=O) groups is 1. The molecular formula is C17H32N2O. The van der Waals surface area contributed by atoms with Gasteiger partial charge in [0.2, 0.25) is 5.91 Å². The Morgan fingerprint density at radius 1 is 1.10 bits per heavy atom. The van der Waals surface area contributed by atoms with Gasteiger partial charge >= 0.3 is 0 Å². The lowest BCUT2D eigenvalue weighted by Gasteiger charge is -2.41. The molecule has 2 rings (SSSR count). The van der Waals surface area contributed by atoms with Crippen molar-refractivity contribution in [2.75, 3.05) is 19.6 Å². The van der Waals surface area contributed by atoms with Gasteiger partial charge in [-0.3, -0.25) is 4.79 Å². The molecule has 0 radical (unpaired) electrons. The van der Waals surface area contributed by atoms with Crippen LogP contribution in [0.25, 0.3) is 0 Å². The van der Waals surface area contributed by atoms with Crippen LogP contribution in [0.1, 0.15) is 71.6 Å². The van der Waals surface area contributed by atoms with E-state index in [0.717, 1.165) is 38.8 Å². The zero-order valence-electron chi connectivity index (χ0n) is 13.4. The fourth-order valence-electron chi connectivity index (χ4n) is 3.84. The lowest BCUT2D eigenvalue weighted by atomic mass is 9.71. The van der Waals surface area contributed by atoms with Gasteiger partial charge in [-0.2, -0.15) is 0 Å². The van der Waals surface area contributed by atoms with Crippen LogP contribution in [0.2, 0.25) is 0 Å². The van der Waals surface area contributed by atoms with Crippen molar-refractivity contribution in [3.8, 4) is 0 Å². The molecule has 0 spiro atoms. The van der Waals surface area contributed by atoms with Crippen LogP contribution in [0.4, 0.5) is 0 Å². The van der Waals surface area contributed by atoms with E-state index in [-0.39, 0.29) is 5.41 Å². The van der Waals surface area contributed by atoms with Crippen LogP contribution in [0.3, 0.4) is 0 Å². The molecule has 20 heavy (non-hydrogen) atoms. The highest BCUT2D eigenvalue weighted by Crippen LogP contribution is 2.40. The Hall–Kier alpha value is -0.570. The predicted octanol–water partition coefficient (Wildman–Crippen LogP) is 3.32. The summed E-state index contributed by atoms with van der Waals surface area (Å²) < 4.78 is 0. The van der Waals surface area contributed by atoms with Gasteiger partial charge in [0.15, 0.2) is 0 Å². The highest BCUT2D eigenvalue weighted by Gasteiger charge is 2.36. The van der Waals surface area contributed by atoms with Crippen molar-refractivity contribution in [1.29, 1.82) is 0 Å². The molecule has 3 nitrogen and oxygen atoms in total. The number of likely N-dealkylation sites (tertiary alicyclic amines) is 1. The largest absolute Gasteiger partial charge is 0.343 e. The Morgan fingerprint density at radius 2 is 1.70 bits per heavy atom. The third-order valence-corrected chi connectivity index (χ3v) is 6.05. The summed E-state index contributed by atoms with van der Waals surface area (Å²) in [7, 11) is 0. The van der Waals surface area contributed by atoms with Crippen LogP contribution < -0.4 is 5.73 Å². The van der Waals surface area contributed by atoms with Crippen LogP contribution >= 0.6 is 0 Å². The molecule has 2 fully saturated rings. The standard InChI is InChI=1S/C17H32N2O/c1-3-16(2)9-11-19(12-10-16)15(20)13-17(14-18)7-5-4-6-8-17/h3-14,18H2,1-2H3. The Labute approximate surface area is 124 Å². The first kappa shape index (κ1) is 15.8. The summed E-state index contributed by atoms with van der Waals surface area (Å²) in [4.78, 5) is 14.7. The van der Waals surface area contributed by atoms with Crippen LogP contribution in [-0.2, 0) is 4.79 Å². The van der Waals surface area contributed by atoms with Crippen LogP contribution in [0, 0.1) is 10.8 Å². The molecule has 0 unspecified atom stereocenters. The Kier molecular flexibility index (Phi) is 5.11. The summed E-state index contributed by atoms with van der Waals surface area (Å²) >= 11 is 0. The molecule has 2 aliphatic rings. The molecule has 1 aliphatic heterocycles. The van der Waals surface area contributed by atoms with Crippen LogP contribution in [0.5, 0.6) is 0 Å². The Morgan fingerprint density at radius 3 is 2.20 bits per heavy atom. The maximum absolute atomic E-state index is 12.6. The van der Waals surface area contributed by atoms with E-state index in [9.17, 15) is 4.79 Å². The molecule has 0 aromatic rings. The number of carbonyl (C=O) groups excluding carboxylic acids is 1. The van der Waals surface area contributed by atoms with E-state index < -0.39 is 0 Å². The van der Waals surface area contributed by atoms with Crippen molar-refractivity contribution in [1.82, 2.24) is 4.90 Å². The molecular weight excluding hydrogens is 248 g/mol. The average Bonchev–Trinajstić information content (AvgIpc) is 2.49. The molecule has 0 aromatic heterocycles. The van der Waals surface area contributed by atoms with Crippen molar-refractivity contribution in [3.63, 3.8) is 0 Å². The first-order chi connectivity index (χ1) is 9.52. The van der Waals surface area contributed by atoms with Crippen molar-refractivity contribution in [2.24, 2.45) is 16.6 Å². The molecule has 2 N–H and O–H groups in total. The second-order valence-corrected chi connectivity index (χ2v) is 7.49. The number of rotatable bonds is 4. The SMILES string of the molecule is CCC1(C)CCN(C(=O)CC2(CN)CCCCC2)CC1. The first-order valence-corrected chi connectivity index (χ1v) is 8.50. The number of nitrogens with zero attached hydrogens (tertiary/aromatic N) is 1. The van der Waals surface area contributed by atoms with Crippen molar-refractivity contribution in [2.45, 2.75) is 71.6 Å². The molecule has 116 valence electrons. The van der Waals surface area contributed by atoms with Crippen LogP contribution in [0.15, 0.2) is 0 Å². The van der Waals surface area contributed by atoms with Gasteiger partial charge in [0.25, 0.3) is 0 Å². The van der Waals surface area contributed by atoms with E-state index >= 15 is 0 Å². The molecule has 0 aromatic carbocycles. The highest BCUT2D eigenvalue weighted by molar-refractivity contribution is 5.77. The van der Waals surface area contributed by atoms with Gasteiger partial charge in [-0.25, -0.2) is 0 Å². The van der Waals surface area contributed by atoms with Gasteiger partial charge in [0.05, 0.1) is 0 Å². The maximum atomic E-state index is 12.6. The fraction of sp³-hybridized carbons (Fsp3) is 0.941. The minimum Gasteiger partial charge on any atom is -0.343 e. The quantitative estimate of drug-likeness (QED) is 0.858. The first-order valence-electron chi connectivity index (χ1n) is 8.50. The van der Waals surface area contributed by atoms with Gasteiger partial charge in [0.1, 0.15) is 0 Å². The van der Waals surface area contributed by atoms with Gasteiger partial charge in [0, 0.05) is 19.5 Å². The fourth-order valence-corrected chi connectivity index (χ4v) is 3.84.